The first-order valence-electron chi connectivity index (χ1n) is 11.9. The third kappa shape index (κ3) is 5.03. The summed E-state index contributed by atoms with van der Waals surface area (Å²) >= 11 is 0. The van der Waals surface area contributed by atoms with Gasteiger partial charge in [-0.05, 0) is 61.1 Å². The molecule has 5 rings (SSSR count). The molecular weight excluding hydrogens is 436 g/mol. The summed E-state index contributed by atoms with van der Waals surface area (Å²) in [7, 11) is 0. The number of carbonyl (C=O) groups excluding carboxylic acids is 1. The molecule has 0 radical (unpaired) electrons. The van der Waals surface area contributed by atoms with E-state index < -0.39 is 17.9 Å². The molecule has 3 fully saturated rings. The Hall–Kier alpha value is -2.16. The Morgan fingerprint density at radius 3 is 2.55 bits per heavy atom. The molecule has 3 atom stereocenters. The maximum atomic E-state index is 13.8. The third-order valence-corrected chi connectivity index (χ3v) is 7.44. The average Bonchev–Trinajstić information content (AvgIpc) is 3.47. The highest BCUT2D eigenvalue weighted by Crippen LogP contribution is 2.45. The van der Waals surface area contributed by atoms with Crippen molar-refractivity contribution in [2.45, 2.75) is 81.7 Å². The van der Waals surface area contributed by atoms with E-state index >= 15 is 0 Å². The maximum absolute atomic E-state index is 13.8. The molecule has 0 saturated heterocycles. The summed E-state index contributed by atoms with van der Waals surface area (Å²) in [5, 5.41) is 3.05. The van der Waals surface area contributed by atoms with Crippen LogP contribution in [0.15, 0.2) is 18.2 Å². The second kappa shape index (κ2) is 8.25. The van der Waals surface area contributed by atoms with Crippen LogP contribution in [0.4, 0.5) is 17.6 Å². The second-order valence-electron chi connectivity index (χ2n) is 10.4. The molecule has 3 aliphatic rings. The maximum Gasteiger partial charge on any atom is 0.248 e. The Morgan fingerprint density at radius 2 is 1.88 bits per heavy atom. The lowest BCUT2D eigenvalue weighted by atomic mass is 9.79. The standard InChI is InChI=1S/C24H30F4N4O/c25-23(26)7-1-2-16(12-23)20(29)22-30-17-6-5-15(9-18(17)31-22)21(14-3-4-14)32-19(33)8-13-10-24(27,28)11-13/h5-6,9,13-14,16,20-21H,1-4,7-8,10-12,29H2,(H,30,31)(H,32,33)/t16-,20-,21+/m0/s1. The van der Waals surface area contributed by atoms with Gasteiger partial charge in [-0.25, -0.2) is 22.5 Å². The molecule has 0 bridgehead atoms. The number of imidazole rings is 1. The van der Waals surface area contributed by atoms with Crippen LogP contribution in [0, 0.1) is 17.8 Å². The number of nitrogens with two attached hydrogens (primary N) is 1. The number of hydrogen-bond donors (Lipinski definition) is 3. The van der Waals surface area contributed by atoms with Crippen LogP contribution in [0.1, 0.15) is 81.3 Å². The zero-order valence-electron chi connectivity index (χ0n) is 18.4. The van der Waals surface area contributed by atoms with E-state index in [-0.39, 0.29) is 55.9 Å². The molecule has 9 heteroatoms. The fourth-order valence-electron chi connectivity index (χ4n) is 5.47. The predicted octanol–water partition coefficient (Wildman–Crippen LogP) is 5.39. The number of H-pyrrole nitrogens is 1. The average molecular weight is 467 g/mol. The molecule has 5 nitrogen and oxygen atoms in total. The largest absolute Gasteiger partial charge is 0.349 e. The molecule has 1 amide bonds. The molecule has 1 aromatic heterocycles. The molecular formula is C24H30F4N4O. The van der Waals surface area contributed by atoms with Crippen molar-refractivity contribution in [3.8, 4) is 0 Å². The summed E-state index contributed by atoms with van der Waals surface area (Å²) in [6.07, 6.45) is 2.49. The van der Waals surface area contributed by atoms with Gasteiger partial charge < -0.3 is 16.0 Å². The summed E-state index contributed by atoms with van der Waals surface area (Å²) in [5.74, 6) is -5.26. The highest BCUT2D eigenvalue weighted by Gasteiger charge is 2.46. The molecule has 3 aliphatic carbocycles. The monoisotopic (exact) mass is 466 g/mol. The van der Waals surface area contributed by atoms with Crippen molar-refractivity contribution in [3.63, 3.8) is 0 Å². The molecule has 1 aromatic carbocycles. The summed E-state index contributed by atoms with van der Waals surface area (Å²) < 4.78 is 53.9. The van der Waals surface area contributed by atoms with Gasteiger partial charge in [0.15, 0.2) is 0 Å². The van der Waals surface area contributed by atoms with E-state index in [2.05, 4.69) is 15.3 Å². The van der Waals surface area contributed by atoms with Gasteiger partial charge in [-0.2, -0.15) is 0 Å². The van der Waals surface area contributed by atoms with Crippen molar-refractivity contribution in [3.05, 3.63) is 29.6 Å². The van der Waals surface area contributed by atoms with Crippen LogP contribution in [-0.4, -0.2) is 27.7 Å². The molecule has 0 unspecified atom stereocenters. The third-order valence-electron chi connectivity index (χ3n) is 7.44. The number of carbonyl (C=O) groups is 1. The van der Waals surface area contributed by atoms with Gasteiger partial charge in [0.25, 0.3) is 0 Å². The van der Waals surface area contributed by atoms with E-state index in [0.29, 0.717) is 30.1 Å². The van der Waals surface area contributed by atoms with Gasteiger partial charge in [0.05, 0.1) is 23.1 Å². The number of benzene rings is 1. The van der Waals surface area contributed by atoms with E-state index in [0.717, 1.165) is 23.9 Å². The number of rotatable bonds is 7. The van der Waals surface area contributed by atoms with Gasteiger partial charge in [0.1, 0.15) is 5.82 Å². The van der Waals surface area contributed by atoms with Gasteiger partial charge in [-0.1, -0.05) is 6.07 Å². The quantitative estimate of drug-likeness (QED) is 0.479. The Labute approximate surface area is 189 Å². The zero-order chi connectivity index (χ0) is 23.4. The first kappa shape index (κ1) is 22.6. The van der Waals surface area contributed by atoms with E-state index in [1.807, 2.05) is 18.2 Å². The predicted molar refractivity (Wildman–Crippen MR) is 116 cm³/mol. The highest BCUT2D eigenvalue weighted by atomic mass is 19.3. The Morgan fingerprint density at radius 1 is 1.12 bits per heavy atom. The first-order valence-corrected chi connectivity index (χ1v) is 11.9. The lowest BCUT2D eigenvalue weighted by molar-refractivity contribution is -0.134. The van der Waals surface area contributed by atoms with Crippen LogP contribution in [0.25, 0.3) is 11.0 Å². The summed E-state index contributed by atoms with van der Waals surface area (Å²) in [6.45, 7) is 0. The molecule has 33 heavy (non-hydrogen) atoms. The van der Waals surface area contributed by atoms with Gasteiger partial charge in [-0.3, -0.25) is 4.79 Å². The molecule has 0 aliphatic heterocycles. The van der Waals surface area contributed by atoms with Crippen molar-refractivity contribution in [2.75, 3.05) is 0 Å². The fourth-order valence-corrected chi connectivity index (χ4v) is 5.47. The number of fused-ring (bicyclic) bond motifs is 1. The number of halogens is 4. The number of alkyl halides is 4. The minimum absolute atomic E-state index is 0.0862. The van der Waals surface area contributed by atoms with Crippen LogP contribution in [0.3, 0.4) is 0 Å². The Kier molecular flexibility index (Phi) is 5.66. The smallest absolute Gasteiger partial charge is 0.248 e. The SMILES string of the molecule is N[C@H](c1nc2ccc([C@H](NC(=O)CC3CC(F)(F)C3)C3CC3)cc2[nH]1)[C@H]1CCCC(F)(F)C1. The van der Waals surface area contributed by atoms with Crippen molar-refractivity contribution in [1.82, 2.24) is 15.3 Å². The van der Waals surface area contributed by atoms with Crippen molar-refractivity contribution >= 4 is 16.9 Å². The van der Waals surface area contributed by atoms with Crippen LogP contribution in [0.5, 0.6) is 0 Å². The lowest BCUT2D eigenvalue weighted by Gasteiger charge is -2.34. The number of nitrogens with one attached hydrogen (secondary N) is 2. The highest BCUT2D eigenvalue weighted by molar-refractivity contribution is 5.78. The molecule has 0 spiro atoms. The molecule has 2 aromatic rings. The Balaban J connectivity index is 1.29. The van der Waals surface area contributed by atoms with Gasteiger partial charge >= 0.3 is 0 Å². The lowest BCUT2D eigenvalue weighted by Crippen LogP contribution is -2.39. The van der Waals surface area contributed by atoms with Crippen LogP contribution in [-0.2, 0) is 4.79 Å². The normalized spacial score (nSPS) is 26.5. The van der Waals surface area contributed by atoms with E-state index in [1.54, 1.807) is 0 Å². The van der Waals surface area contributed by atoms with Gasteiger partial charge in [0, 0.05) is 32.1 Å². The number of aromatic amines is 1. The van der Waals surface area contributed by atoms with Gasteiger partial charge in [-0.15, -0.1) is 0 Å². The van der Waals surface area contributed by atoms with Crippen LogP contribution < -0.4 is 11.1 Å². The minimum Gasteiger partial charge on any atom is -0.349 e. The molecule has 180 valence electrons. The zero-order valence-corrected chi connectivity index (χ0v) is 18.4. The van der Waals surface area contributed by atoms with Crippen LogP contribution >= 0.6 is 0 Å². The number of hydrogen-bond acceptors (Lipinski definition) is 3. The fraction of sp³-hybridized carbons (Fsp3) is 0.667. The van der Waals surface area contributed by atoms with E-state index in [1.165, 1.54) is 0 Å². The number of aromatic nitrogens is 2. The summed E-state index contributed by atoms with van der Waals surface area (Å²) in [5.41, 5.74) is 8.69. The van der Waals surface area contributed by atoms with E-state index in [4.69, 9.17) is 5.73 Å². The van der Waals surface area contributed by atoms with E-state index in [9.17, 15) is 22.4 Å². The summed E-state index contributed by atoms with van der Waals surface area (Å²) in [4.78, 5) is 20.3. The molecule has 3 saturated carbocycles. The number of nitrogens with zero attached hydrogens (tertiary/aromatic N) is 1. The first-order chi connectivity index (χ1) is 15.6. The van der Waals surface area contributed by atoms with Crippen molar-refractivity contribution in [2.24, 2.45) is 23.5 Å². The molecule has 4 N–H and O–H groups in total. The summed E-state index contributed by atoms with van der Waals surface area (Å²) in [6, 6.07) is 4.91. The van der Waals surface area contributed by atoms with Crippen LogP contribution in [0.2, 0.25) is 0 Å². The van der Waals surface area contributed by atoms with Crippen molar-refractivity contribution < 1.29 is 22.4 Å². The van der Waals surface area contributed by atoms with Crippen molar-refractivity contribution in [1.29, 1.82) is 0 Å². The second-order valence-corrected chi connectivity index (χ2v) is 10.4. The molecule has 1 heterocycles. The van der Waals surface area contributed by atoms with Gasteiger partial charge in [0.2, 0.25) is 17.8 Å². The minimum atomic E-state index is -2.68. The number of amides is 1. The Bertz CT molecular complexity index is 1030. The topological polar surface area (TPSA) is 83.8 Å².